The monoisotopic (exact) mass is 283 g/mol. The van der Waals surface area contributed by atoms with Crippen LogP contribution in [0.4, 0.5) is 0 Å². The molecule has 2 rings (SSSR count). The number of nitrogens with zero attached hydrogens (tertiary/aromatic N) is 2. The van der Waals surface area contributed by atoms with E-state index in [0.29, 0.717) is 4.99 Å². The van der Waals surface area contributed by atoms with Gasteiger partial charge < -0.3 is 10.6 Å². The van der Waals surface area contributed by atoms with Crippen molar-refractivity contribution in [3.05, 3.63) is 15.6 Å². The van der Waals surface area contributed by atoms with Gasteiger partial charge in [0, 0.05) is 6.54 Å². The molecule has 2 N–H and O–H groups in total. The smallest absolute Gasteiger partial charge is 0.266 e. The molecule has 0 radical (unpaired) electrons. The van der Waals surface area contributed by atoms with Crippen LogP contribution in [0.3, 0.4) is 0 Å². The summed E-state index contributed by atoms with van der Waals surface area (Å²) in [5.41, 5.74) is 6.54. The zero-order chi connectivity index (χ0) is 13.3. The third-order valence-corrected chi connectivity index (χ3v) is 4.52. The van der Waals surface area contributed by atoms with Gasteiger partial charge in [-0.05, 0) is 33.1 Å². The van der Waals surface area contributed by atoms with Crippen molar-refractivity contribution < 1.29 is 4.79 Å². The van der Waals surface area contributed by atoms with Crippen LogP contribution in [0, 0.1) is 13.8 Å². The van der Waals surface area contributed by atoms with Crippen LogP contribution in [-0.2, 0) is 0 Å². The normalized spacial score (nSPS) is 19.9. The van der Waals surface area contributed by atoms with Gasteiger partial charge >= 0.3 is 0 Å². The average Bonchev–Trinajstić information content (AvgIpc) is 2.67. The number of hydrogen-bond donors (Lipinski definition) is 1. The van der Waals surface area contributed by atoms with E-state index in [2.05, 4.69) is 4.98 Å². The number of aryl methyl sites for hydroxylation is 2. The van der Waals surface area contributed by atoms with E-state index in [-0.39, 0.29) is 11.9 Å². The van der Waals surface area contributed by atoms with Crippen LogP contribution >= 0.6 is 23.6 Å². The van der Waals surface area contributed by atoms with Crippen molar-refractivity contribution in [1.82, 2.24) is 9.88 Å². The van der Waals surface area contributed by atoms with Gasteiger partial charge in [-0.15, -0.1) is 11.3 Å². The van der Waals surface area contributed by atoms with Gasteiger partial charge in [0.15, 0.2) is 0 Å². The highest BCUT2D eigenvalue weighted by molar-refractivity contribution is 7.80. The molecule has 1 amide bonds. The summed E-state index contributed by atoms with van der Waals surface area (Å²) in [5, 5.41) is 0.916. The van der Waals surface area contributed by atoms with Crippen LogP contribution in [0.25, 0.3) is 0 Å². The third-order valence-electron chi connectivity index (χ3n) is 3.19. The number of likely N-dealkylation sites (tertiary alicyclic amines) is 1. The van der Waals surface area contributed by atoms with Gasteiger partial charge in [-0.3, -0.25) is 4.79 Å². The molecule has 0 bridgehead atoms. The van der Waals surface area contributed by atoms with Gasteiger partial charge in [-0.25, -0.2) is 4.98 Å². The molecule has 1 aliphatic heterocycles. The fourth-order valence-corrected chi connectivity index (χ4v) is 3.45. The van der Waals surface area contributed by atoms with E-state index in [1.165, 1.54) is 11.3 Å². The van der Waals surface area contributed by atoms with Gasteiger partial charge in [-0.2, -0.15) is 0 Å². The molecular formula is C12H17N3OS2. The summed E-state index contributed by atoms with van der Waals surface area (Å²) in [6.45, 7) is 4.52. The Kier molecular flexibility index (Phi) is 3.97. The van der Waals surface area contributed by atoms with E-state index in [1.807, 2.05) is 18.7 Å². The molecular weight excluding hydrogens is 266 g/mol. The standard InChI is InChI=1S/C12H17N3OS2/c1-7-10(18-8(2)14-7)12(16)15-6-4-3-5-9(15)11(13)17/h9H,3-6H2,1-2H3,(H2,13,17). The topological polar surface area (TPSA) is 59.2 Å². The molecule has 1 saturated heterocycles. The Morgan fingerprint density at radius 1 is 1.50 bits per heavy atom. The molecule has 98 valence electrons. The largest absolute Gasteiger partial charge is 0.392 e. The number of thiocarbonyl (C=S) groups is 1. The number of nitrogens with two attached hydrogens (primary N) is 1. The third kappa shape index (κ3) is 2.54. The summed E-state index contributed by atoms with van der Waals surface area (Å²) >= 11 is 6.51. The number of amides is 1. The Labute approximate surface area is 116 Å². The second kappa shape index (κ2) is 5.32. The van der Waals surface area contributed by atoms with Gasteiger partial charge in [0.05, 0.1) is 21.7 Å². The molecule has 6 heteroatoms. The number of rotatable bonds is 2. The quantitative estimate of drug-likeness (QED) is 0.844. The molecule has 18 heavy (non-hydrogen) atoms. The second-order valence-corrected chi connectivity index (χ2v) is 6.23. The molecule has 1 aliphatic rings. The molecule has 2 heterocycles. The Morgan fingerprint density at radius 2 is 2.22 bits per heavy atom. The molecule has 1 aromatic rings. The summed E-state index contributed by atoms with van der Waals surface area (Å²) in [6, 6.07) is -0.0944. The zero-order valence-electron chi connectivity index (χ0n) is 10.6. The lowest BCUT2D eigenvalue weighted by atomic mass is 10.0. The maximum atomic E-state index is 12.5. The first-order valence-corrected chi connectivity index (χ1v) is 7.27. The molecule has 0 aliphatic carbocycles. The first kappa shape index (κ1) is 13.4. The van der Waals surface area contributed by atoms with Crippen LogP contribution in [0.1, 0.15) is 39.6 Å². The van der Waals surface area contributed by atoms with E-state index >= 15 is 0 Å². The average molecular weight is 283 g/mol. The van der Waals surface area contributed by atoms with Crippen molar-refractivity contribution in [2.24, 2.45) is 5.73 Å². The van der Waals surface area contributed by atoms with Crippen LogP contribution < -0.4 is 5.73 Å². The molecule has 0 saturated carbocycles. The highest BCUT2D eigenvalue weighted by Gasteiger charge is 2.31. The number of hydrogen-bond acceptors (Lipinski definition) is 4. The van der Waals surface area contributed by atoms with Gasteiger partial charge in [0.2, 0.25) is 0 Å². The fourth-order valence-electron chi connectivity index (χ4n) is 2.33. The fraction of sp³-hybridized carbons (Fsp3) is 0.583. The van der Waals surface area contributed by atoms with E-state index < -0.39 is 0 Å². The predicted molar refractivity (Wildman–Crippen MR) is 77.0 cm³/mol. The highest BCUT2D eigenvalue weighted by Crippen LogP contribution is 2.24. The molecule has 0 aromatic carbocycles. The summed E-state index contributed by atoms with van der Waals surface area (Å²) < 4.78 is 0. The minimum absolute atomic E-state index is 0.0237. The second-order valence-electron chi connectivity index (χ2n) is 4.56. The van der Waals surface area contributed by atoms with E-state index in [4.69, 9.17) is 18.0 Å². The Balaban J connectivity index is 2.26. The zero-order valence-corrected chi connectivity index (χ0v) is 12.2. The molecule has 1 unspecified atom stereocenters. The number of thiazole rings is 1. The van der Waals surface area contributed by atoms with Crippen molar-refractivity contribution in [1.29, 1.82) is 0 Å². The van der Waals surface area contributed by atoms with Crippen molar-refractivity contribution in [2.75, 3.05) is 6.54 Å². The van der Waals surface area contributed by atoms with Crippen LogP contribution in [0.15, 0.2) is 0 Å². The SMILES string of the molecule is Cc1nc(C)c(C(=O)N2CCCCC2C(N)=S)s1. The van der Waals surface area contributed by atoms with Gasteiger partial charge in [0.25, 0.3) is 5.91 Å². The Bertz CT molecular complexity index is 484. The van der Waals surface area contributed by atoms with Crippen molar-refractivity contribution in [3.63, 3.8) is 0 Å². The van der Waals surface area contributed by atoms with Crippen LogP contribution in [-0.4, -0.2) is 33.4 Å². The van der Waals surface area contributed by atoms with E-state index in [1.54, 1.807) is 0 Å². The summed E-state index contributed by atoms with van der Waals surface area (Å²) in [6.07, 6.45) is 2.96. The van der Waals surface area contributed by atoms with E-state index in [9.17, 15) is 4.79 Å². The highest BCUT2D eigenvalue weighted by atomic mass is 32.1. The van der Waals surface area contributed by atoms with Crippen LogP contribution in [0.5, 0.6) is 0 Å². The number of carbonyl (C=O) groups is 1. The minimum atomic E-state index is -0.0944. The molecule has 1 fully saturated rings. The summed E-state index contributed by atoms with van der Waals surface area (Å²) in [4.78, 5) is 19.8. The van der Waals surface area contributed by atoms with Crippen LogP contribution in [0.2, 0.25) is 0 Å². The lowest BCUT2D eigenvalue weighted by Gasteiger charge is -2.34. The molecule has 0 spiro atoms. The number of piperidine rings is 1. The predicted octanol–water partition coefficient (Wildman–Crippen LogP) is 2.04. The maximum Gasteiger partial charge on any atom is 0.266 e. The van der Waals surface area contributed by atoms with Crippen molar-refractivity contribution in [2.45, 2.75) is 39.2 Å². The minimum Gasteiger partial charge on any atom is -0.392 e. The van der Waals surface area contributed by atoms with Crippen molar-refractivity contribution >= 4 is 34.5 Å². The lowest BCUT2D eigenvalue weighted by molar-refractivity contribution is 0.0685. The first-order valence-electron chi connectivity index (χ1n) is 6.05. The Morgan fingerprint density at radius 3 is 2.78 bits per heavy atom. The van der Waals surface area contributed by atoms with E-state index in [0.717, 1.165) is 41.4 Å². The molecule has 4 nitrogen and oxygen atoms in total. The first-order chi connectivity index (χ1) is 8.50. The number of carbonyl (C=O) groups excluding carboxylic acids is 1. The Hall–Kier alpha value is -1.01. The summed E-state index contributed by atoms with van der Waals surface area (Å²) in [7, 11) is 0. The van der Waals surface area contributed by atoms with Gasteiger partial charge in [-0.1, -0.05) is 12.2 Å². The lowest BCUT2D eigenvalue weighted by Crippen LogP contribution is -2.49. The summed E-state index contributed by atoms with van der Waals surface area (Å²) in [5.74, 6) is 0.0237. The maximum absolute atomic E-state index is 12.5. The molecule has 1 aromatic heterocycles. The van der Waals surface area contributed by atoms with Gasteiger partial charge in [0.1, 0.15) is 4.88 Å². The number of aromatic nitrogens is 1. The van der Waals surface area contributed by atoms with Crippen molar-refractivity contribution in [3.8, 4) is 0 Å². The molecule has 1 atom stereocenters.